The molecule has 0 saturated carbocycles. The fourth-order valence-electron chi connectivity index (χ4n) is 7.55. The van der Waals surface area contributed by atoms with Crippen LogP contribution in [0.25, 0.3) is 74.7 Å². The number of hydrogen-bond donors (Lipinski definition) is 0. The van der Waals surface area contributed by atoms with Crippen LogP contribution in [0.3, 0.4) is 0 Å². The molecule has 0 aliphatic rings. The Bertz CT molecular complexity index is 2850. The van der Waals surface area contributed by atoms with Gasteiger partial charge in [-0.2, -0.15) is 0 Å². The van der Waals surface area contributed by atoms with Crippen molar-refractivity contribution in [3.05, 3.63) is 182 Å². The molecule has 0 fully saturated rings. The molecule has 10 aromatic rings. The maximum atomic E-state index is 4.79. The molecule has 0 aliphatic carbocycles. The standard InChI is InChI=1S/C47H30N2S/c1-2-10-31(11-3-1)32-20-24-36(25-21-32)49(44-30-48-29-43-40-15-8-9-17-45(40)50-47(43)44)37-26-22-34(23-27-37)42-28-35-19-18-33-12-4-5-13-38(33)46(35)41-16-7-6-14-39(41)42/h1-30H. The summed E-state index contributed by atoms with van der Waals surface area (Å²) < 4.78 is 2.49. The van der Waals surface area contributed by atoms with Gasteiger partial charge in [-0.1, -0.05) is 133 Å². The van der Waals surface area contributed by atoms with Crippen LogP contribution >= 0.6 is 11.3 Å². The summed E-state index contributed by atoms with van der Waals surface area (Å²) in [5.41, 5.74) is 8.08. The van der Waals surface area contributed by atoms with Crippen molar-refractivity contribution in [2.24, 2.45) is 0 Å². The van der Waals surface area contributed by atoms with Gasteiger partial charge in [0.15, 0.2) is 0 Å². The molecule has 2 aromatic heterocycles. The van der Waals surface area contributed by atoms with E-state index in [4.69, 9.17) is 4.98 Å². The molecular weight excluding hydrogens is 625 g/mol. The monoisotopic (exact) mass is 654 g/mol. The highest BCUT2D eigenvalue weighted by atomic mass is 32.1. The van der Waals surface area contributed by atoms with Gasteiger partial charge >= 0.3 is 0 Å². The summed E-state index contributed by atoms with van der Waals surface area (Å²) in [6.45, 7) is 0. The molecule has 0 bridgehead atoms. The Balaban J connectivity index is 1.14. The maximum Gasteiger partial charge on any atom is 0.0824 e. The zero-order valence-electron chi connectivity index (χ0n) is 27.1. The quantitative estimate of drug-likeness (QED) is 0.172. The van der Waals surface area contributed by atoms with E-state index in [0.29, 0.717) is 0 Å². The molecule has 0 spiro atoms. The van der Waals surface area contributed by atoms with Crippen molar-refractivity contribution in [2.75, 3.05) is 4.90 Å². The molecule has 3 heteroatoms. The Hall–Kier alpha value is -6.29. The molecular formula is C47H30N2S. The van der Waals surface area contributed by atoms with E-state index in [9.17, 15) is 0 Å². The molecule has 50 heavy (non-hydrogen) atoms. The van der Waals surface area contributed by atoms with E-state index in [1.165, 1.54) is 74.7 Å². The predicted molar refractivity (Wildman–Crippen MR) is 215 cm³/mol. The molecule has 0 amide bonds. The first kappa shape index (κ1) is 28.7. The summed E-state index contributed by atoms with van der Waals surface area (Å²) in [7, 11) is 0. The van der Waals surface area contributed by atoms with Crippen LogP contribution < -0.4 is 4.90 Å². The molecule has 0 saturated heterocycles. The van der Waals surface area contributed by atoms with Crippen LogP contribution in [0.1, 0.15) is 0 Å². The number of rotatable bonds is 5. The molecule has 8 aromatic carbocycles. The highest BCUT2D eigenvalue weighted by molar-refractivity contribution is 7.26. The number of nitrogens with zero attached hydrogens (tertiary/aromatic N) is 2. The van der Waals surface area contributed by atoms with Gasteiger partial charge in [0.05, 0.1) is 16.6 Å². The second-order valence-corrected chi connectivity index (χ2v) is 13.8. The van der Waals surface area contributed by atoms with Crippen LogP contribution in [0.5, 0.6) is 0 Å². The SMILES string of the molecule is c1ccc(-c2ccc(N(c3ccc(-c4cc5ccc6ccccc6c5c5ccccc45)cc3)c3cncc4c3sc3ccccc34)cc2)cc1. The third-order valence-corrected chi connectivity index (χ3v) is 11.1. The number of thiophene rings is 1. The van der Waals surface area contributed by atoms with Gasteiger partial charge in [-0.3, -0.25) is 4.98 Å². The Morgan fingerprint density at radius 1 is 0.420 bits per heavy atom. The number of pyridine rings is 1. The predicted octanol–water partition coefficient (Wildman–Crippen LogP) is 13.7. The van der Waals surface area contributed by atoms with Crippen LogP contribution in [0.15, 0.2) is 182 Å². The number of anilines is 3. The zero-order chi connectivity index (χ0) is 33.0. The second-order valence-electron chi connectivity index (χ2n) is 12.8. The molecule has 0 N–H and O–H groups in total. The maximum absolute atomic E-state index is 4.79. The van der Waals surface area contributed by atoms with Gasteiger partial charge in [-0.05, 0) is 91.0 Å². The number of hydrogen-bond acceptors (Lipinski definition) is 3. The fourth-order valence-corrected chi connectivity index (χ4v) is 8.73. The highest BCUT2D eigenvalue weighted by Crippen LogP contribution is 2.45. The van der Waals surface area contributed by atoms with Gasteiger partial charge in [0.25, 0.3) is 0 Å². The topological polar surface area (TPSA) is 16.1 Å². The normalized spacial score (nSPS) is 11.6. The molecule has 0 radical (unpaired) electrons. The van der Waals surface area contributed by atoms with E-state index in [1.807, 2.05) is 23.7 Å². The molecule has 0 atom stereocenters. The minimum atomic E-state index is 1.08. The molecule has 0 aliphatic heterocycles. The van der Waals surface area contributed by atoms with Gasteiger partial charge in [0.2, 0.25) is 0 Å². The van der Waals surface area contributed by atoms with Gasteiger partial charge < -0.3 is 4.90 Å². The zero-order valence-corrected chi connectivity index (χ0v) is 27.9. The van der Waals surface area contributed by atoms with E-state index in [-0.39, 0.29) is 0 Å². The van der Waals surface area contributed by atoms with E-state index < -0.39 is 0 Å². The third kappa shape index (κ3) is 4.67. The van der Waals surface area contributed by atoms with Crippen LogP contribution in [0.4, 0.5) is 17.1 Å². The van der Waals surface area contributed by atoms with Gasteiger partial charge in [0.1, 0.15) is 0 Å². The summed E-state index contributed by atoms with van der Waals surface area (Å²) in [4.78, 5) is 7.14. The fraction of sp³-hybridized carbons (Fsp3) is 0. The first-order valence-corrected chi connectivity index (χ1v) is 17.8. The van der Waals surface area contributed by atoms with Crippen molar-refractivity contribution in [3.63, 3.8) is 0 Å². The van der Waals surface area contributed by atoms with E-state index in [1.54, 1.807) is 0 Å². The number of benzene rings is 8. The molecule has 2 nitrogen and oxygen atoms in total. The summed E-state index contributed by atoms with van der Waals surface area (Å²) >= 11 is 1.83. The van der Waals surface area contributed by atoms with Crippen molar-refractivity contribution < 1.29 is 0 Å². The summed E-state index contributed by atoms with van der Waals surface area (Å²) in [5, 5.41) is 10.1. The minimum Gasteiger partial charge on any atom is -0.308 e. The largest absolute Gasteiger partial charge is 0.308 e. The first-order chi connectivity index (χ1) is 24.8. The molecule has 10 rings (SSSR count). The minimum absolute atomic E-state index is 1.08. The number of aromatic nitrogens is 1. The molecule has 2 heterocycles. The Labute approximate surface area is 294 Å². The number of fused-ring (bicyclic) bond motifs is 8. The lowest BCUT2D eigenvalue weighted by molar-refractivity contribution is 1.26. The van der Waals surface area contributed by atoms with Crippen molar-refractivity contribution in [3.8, 4) is 22.3 Å². The third-order valence-electron chi connectivity index (χ3n) is 9.92. The summed E-state index contributed by atoms with van der Waals surface area (Å²) in [5.74, 6) is 0. The van der Waals surface area contributed by atoms with Crippen LogP contribution in [0.2, 0.25) is 0 Å². The van der Waals surface area contributed by atoms with E-state index >= 15 is 0 Å². The van der Waals surface area contributed by atoms with Gasteiger partial charge in [-0.15, -0.1) is 11.3 Å². The lowest BCUT2D eigenvalue weighted by atomic mass is 9.91. The average Bonchev–Trinajstić information content (AvgIpc) is 3.58. The lowest BCUT2D eigenvalue weighted by Crippen LogP contribution is -2.10. The van der Waals surface area contributed by atoms with Crippen molar-refractivity contribution in [2.45, 2.75) is 0 Å². The Kier molecular flexibility index (Phi) is 6.71. The van der Waals surface area contributed by atoms with Crippen molar-refractivity contribution in [1.82, 2.24) is 4.98 Å². The van der Waals surface area contributed by atoms with Gasteiger partial charge in [0, 0.05) is 33.0 Å². The highest BCUT2D eigenvalue weighted by Gasteiger charge is 2.19. The van der Waals surface area contributed by atoms with Gasteiger partial charge in [-0.25, -0.2) is 0 Å². The van der Waals surface area contributed by atoms with Crippen LogP contribution in [0, 0.1) is 0 Å². The lowest BCUT2D eigenvalue weighted by Gasteiger charge is -2.26. The van der Waals surface area contributed by atoms with Crippen LogP contribution in [-0.4, -0.2) is 4.98 Å². The van der Waals surface area contributed by atoms with Crippen molar-refractivity contribution >= 4 is 80.9 Å². The smallest absolute Gasteiger partial charge is 0.0824 e. The Morgan fingerprint density at radius 3 is 1.80 bits per heavy atom. The van der Waals surface area contributed by atoms with Crippen molar-refractivity contribution in [1.29, 1.82) is 0 Å². The average molecular weight is 655 g/mol. The second kappa shape index (κ2) is 11.7. The van der Waals surface area contributed by atoms with E-state index in [2.05, 4.69) is 175 Å². The summed E-state index contributed by atoms with van der Waals surface area (Å²) in [6, 6.07) is 61.5. The summed E-state index contributed by atoms with van der Waals surface area (Å²) in [6.07, 6.45) is 4.02. The first-order valence-electron chi connectivity index (χ1n) is 16.9. The molecule has 234 valence electrons. The van der Waals surface area contributed by atoms with Crippen LogP contribution in [-0.2, 0) is 0 Å². The molecule has 0 unspecified atom stereocenters. The Morgan fingerprint density at radius 2 is 1.02 bits per heavy atom. The van der Waals surface area contributed by atoms with E-state index in [0.717, 1.165) is 17.1 Å².